The number of likely N-dealkylation sites (tertiary alicyclic amines) is 1. The molecular weight excluding hydrogens is 184 g/mol. The van der Waals surface area contributed by atoms with Gasteiger partial charge in [-0.3, -0.25) is 4.90 Å². The Bertz CT molecular complexity index is 207. The Balaban J connectivity index is 1.95. The van der Waals surface area contributed by atoms with Crippen LogP contribution in [0.2, 0.25) is 0 Å². The Labute approximate surface area is 94.2 Å². The van der Waals surface area contributed by atoms with Crippen molar-refractivity contribution in [2.45, 2.75) is 52.0 Å². The summed E-state index contributed by atoms with van der Waals surface area (Å²) in [5.41, 5.74) is 6.50. The van der Waals surface area contributed by atoms with Gasteiger partial charge in [-0.15, -0.1) is 0 Å². The van der Waals surface area contributed by atoms with Crippen LogP contribution in [0.4, 0.5) is 0 Å². The molecule has 1 saturated carbocycles. The van der Waals surface area contributed by atoms with Crippen LogP contribution < -0.4 is 5.73 Å². The number of hydrogen-bond acceptors (Lipinski definition) is 2. The van der Waals surface area contributed by atoms with Crippen LogP contribution in [0.1, 0.15) is 46.0 Å². The van der Waals surface area contributed by atoms with Gasteiger partial charge in [0.05, 0.1) is 0 Å². The lowest BCUT2D eigenvalue weighted by Crippen LogP contribution is -2.44. The van der Waals surface area contributed by atoms with E-state index in [0.29, 0.717) is 11.5 Å². The lowest BCUT2D eigenvalue weighted by atomic mass is 9.92. The van der Waals surface area contributed by atoms with E-state index >= 15 is 0 Å². The first kappa shape index (κ1) is 11.4. The Morgan fingerprint density at radius 2 is 2.00 bits per heavy atom. The van der Waals surface area contributed by atoms with Crippen LogP contribution >= 0.6 is 0 Å². The van der Waals surface area contributed by atoms with Gasteiger partial charge in [0.15, 0.2) is 0 Å². The van der Waals surface area contributed by atoms with E-state index in [2.05, 4.69) is 18.7 Å². The summed E-state index contributed by atoms with van der Waals surface area (Å²) in [5.74, 6) is 0.892. The van der Waals surface area contributed by atoms with Gasteiger partial charge in [-0.05, 0) is 37.1 Å². The van der Waals surface area contributed by atoms with Crippen molar-refractivity contribution in [3.05, 3.63) is 0 Å². The van der Waals surface area contributed by atoms with Crippen LogP contribution in [0, 0.1) is 11.3 Å². The van der Waals surface area contributed by atoms with Crippen LogP contribution in [-0.2, 0) is 0 Å². The minimum atomic E-state index is 0.520. The fourth-order valence-corrected chi connectivity index (χ4v) is 3.42. The highest BCUT2D eigenvalue weighted by Crippen LogP contribution is 2.35. The molecule has 1 heterocycles. The van der Waals surface area contributed by atoms with Crippen molar-refractivity contribution in [3.8, 4) is 0 Å². The maximum atomic E-state index is 5.98. The van der Waals surface area contributed by atoms with Gasteiger partial charge in [0, 0.05) is 19.1 Å². The van der Waals surface area contributed by atoms with Gasteiger partial charge in [-0.25, -0.2) is 0 Å². The quantitative estimate of drug-likeness (QED) is 0.774. The smallest absolute Gasteiger partial charge is 0.0246 e. The maximum absolute atomic E-state index is 5.98. The molecule has 0 aromatic carbocycles. The van der Waals surface area contributed by atoms with E-state index < -0.39 is 0 Å². The molecule has 2 heteroatoms. The van der Waals surface area contributed by atoms with E-state index in [1.165, 1.54) is 45.2 Å². The molecule has 1 aliphatic carbocycles. The molecule has 0 radical (unpaired) electrons. The van der Waals surface area contributed by atoms with E-state index in [-0.39, 0.29) is 0 Å². The summed E-state index contributed by atoms with van der Waals surface area (Å²) in [4.78, 5) is 2.66. The van der Waals surface area contributed by atoms with Gasteiger partial charge in [0.25, 0.3) is 0 Å². The summed E-state index contributed by atoms with van der Waals surface area (Å²) in [6.45, 7) is 8.15. The first-order valence-electron chi connectivity index (χ1n) is 6.56. The van der Waals surface area contributed by atoms with E-state index in [1.807, 2.05) is 0 Å². The molecule has 0 amide bonds. The van der Waals surface area contributed by atoms with Gasteiger partial charge >= 0.3 is 0 Å². The van der Waals surface area contributed by atoms with Crippen molar-refractivity contribution in [1.29, 1.82) is 0 Å². The molecule has 2 fully saturated rings. The second kappa shape index (κ2) is 4.42. The van der Waals surface area contributed by atoms with Crippen molar-refractivity contribution in [2.75, 3.05) is 19.6 Å². The average molecular weight is 210 g/mol. The maximum Gasteiger partial charge on any atom is 0.0246 e. The highest BCUT2D eigenvalue weighted by molar-refractivity contribution is 4.91. The number of nitrogens with zero attached hydrogens (tertiary/aromatic N) is 1. The Kier molecular flexibility index (Phi) is 3.36. The molecule has 1 atom stereocenters. The summed E-state index contributed by atoms with van der Waals surface area (Å²) in [5, 5.41) is 0. The fraction of sp³-hybridized carbons (Fsp3) is 1.00. The Morgan fingerprint density at radius 3 is 2.47 bits per heavy atom. The molecule has 0 bridgehead atoms. The molecule has 2 N–H and O–H groups in total. The summed E-state index contributed by atoms with van der Waals surface area (Å²) in [6.07, 6.45) is 7.03. The topological polar surface area (TPSA) is 29.3 Å². The summed E-state index contributed by atoms with van der Waals surface area (Å²) in [6, 6.07) is 0.675. The zero-order valence-corrected chi connectivity index (χ0v) is 10.3. The van der Waals surface area contributed by atoms with Crippen molar-refractivity contribution >= 4 is 0 Å². The van der Waals surface area contributed by atoms with E-state index in [1.54, 1.807) is 0 Å². The van der Waals surface area contributed by atoms with Crippen molar-refractivity contribution in [2.24, 2.45) is 17.1 Å². The Hall–Kier alpha value is -0.0800. The predicted octanol–water partition coefficient (Wildman–Crippen LogP) is 2.24. The number of rotatable bonds is 3. The molecule has 15 heavy (non-hydrogen) atoms. The highest BCUT2D eigenvalue weighted by atomic mass is 15.2. The van der Waals surface area contributed by atoms with Crippen molar-refractivity contribution in [3.63, 3.8) is 0 Å². The summed E-state index contributed by atoms with van der Waals surface area (Å²) in [7, 11) is 0. The predicted molar refractivity (Wildman–Crippen MR) is 64.8 cm³/mol. The minimum absolute atomic E-state index is 0.520. The zero-order chi connectivity index (χ0) is 10.9. The van der Waals surface area contributed by atoms with Crippen molar-refractivity contribution in [1.82, 2.24) is 4.90 Å². The first-order valence-corrected chi connectivity index (χ1v) is 6.56. The van der Waals surface area contributed by atoms with Crippen LogP contribution in [-0.4, -0.2) is 30.6 Å². The van der Waals surface area contributed by atoms with E-state index in [9.17, 15) is 0 Å². The molecule has 1 saturated heterocycles. The highest BCUT2D eigenvalue weighted by Gasteiger charge is 2.36. The average Bonchev–Trinajstić information content (AvgIpc) is 2.77. The van der Waals surface area contributed by atoms with Crippen LogP contribution in [0.25, 0.3) is 0 Å². The molecule has 88 valence electrons. The minimum Gasteiger partial charge on any atom is -0.329 e. The molecule has 2 aliphatic rings. The Morgan fingerprint density at radius 1 is 1.33 bits per heavy atom. The third kappa shape index (κ3) is 2.54. The van der Waals surface area contributed by atoms with E-state index in [4.69, 9.17) is 5.73 Å². The molecule has 2 nitrogen and oxygen atoms in total. The third-order valence-electron chi connectivity index (χ3n) is 4.36. The van der Waals surface area contributed by atoms with Gasteiger partial charge < -0.3 is 5.73 Å². The van der Waals surface area contributed by atoms with Gasteiger partial charge in [0.2, 0.25) is 0 Å². The zero-order valence-electron chi connectivity index (χ0n) is 10.3. The van der Waals surface area contributed by atoms with Crippen molar-refractivity contribution < 1.29 is 0 Å². The lowest BCUT2D eigenvalue weighted by molar-refractivity contribution is 0.165. The SMILES string of the molecule is CC1(C)CCN(C(CN)C2CCCC2)C1. The molecule has 0 aromatic heterocycles. The number of nitrogens with two attached hydrogens (primary N) is 1. The molecular formula is C13H26N2. The monoisotopic (exact) mass is 210 g/mol. The van der Waals surface area contributed by atoms with Crippen LogP contribution in [0.5, 0.6) is 0 Å². The third-order valence-corrected chi connectivity index (χ3v) is 4.36. The van der Waals surface area contributed by atoms with Crippen LogP contribution in [0.3, 0.4) is 0 Å². The molecule has 2 rings (SSSR count). The standard InChI is InChI=1S/C13H26N2/c1-13(2)7-8-15(10-13)12(9-14)11-5-3-4-6-11/h11-12H,3-10,14H2,1-2H3. The number of hydrogen-bond donors (Lipinski definition) is 1. The molecule has 1 unspecified atom stereocenters. The lowest BCUT2D eigenvalue weighted by Gasteiger charge is -2.32. The fourth-order valence-electron chi connectivity index (χ4n) is 3.42. The first-order chi connectivity index (χ1) is 7.12. The molecule has 1 aliphatic heterocycles. The molecule has 0 spiro atoms. The summed E-state index contributed by atoms with van der Waals surface area (Å²) >= 11 is 0. The molecule has 0 aromatic rings. The van der Waals surface area contributed by atoms with Crippen LogP contribution in [0.15, 0.2) is 0 Å². The largest absolute Gasteiger partial charge is 0.329 e. The van der Waals surface area contributed by atoms with Gasteiger partial charge in [-0.2, -0.15) is 0 Å². The van der Waals surface area contributed by atoms with Gasteiger partial charge in [0.1, 0.15) is 0 Å². The van der Waals surface area contributed by atoms with Gasteiger partial charge in [-0.1, -0.05) is 26.7 Å². The second-order valence-electron chi connectivity index (χ2n) is 6.23. The normalized spacial score (nSPS) is 29.8. The second-order valence-corrected chi connectivity index (χ2v) is 6.23. The van der Waals surface area contributed by atoms with E-state index in [0.717, 1.165) is 12.5 Å². The summed E-state index contributed by atoms with van der Waals surface area (Å²) < 4.78 is 0.